The summed E-state index contributed by atoms with van der Waals surface area (Å²) in [5.41, 5.74) is 0.282. The topological polar surface area (TPSA) is 97.6 Å². The zero-order valence-electron chi connectivity index (χ0n) is 15.2. The summed E-state index contributed by atoms with van der Waals surface area (Å²) in [6.07, 6.45) is 1.45. The zero-order valence-corrected chi connectivity index (χ0v) is 18.3. The molecule has 11 heteroatoms. The van der Waals surface area contributed by atoms with Crippen LogP contribution < -0.4 is 14.8 Å². The Morgan fingerprint density at radius 2 is 1.77 bits per heavy atom. The van der Waals surface area contributed by atoms with Crippen molar-refractivity contribution in [2.75, 3.05) is 11.9 Å². The lowest BCUT2D eigenvalue weighted by Crippen LogP contribution is -2.24. The van der Waals surface area contributed by atoms with Crippen LogP contribution in [0.5, 0.6) is 5.75 Å². The number of hydrogen-bond donors (Lipinski definition) is 2. The van der Waals surface area contributed by atoms with Gasteiger partial charge in [-0.1, -0.05) is 40.9 Å². The van der Waals surface area contributed by atoms with E-state index in [0.717, 1.165) is 0 Å². The van der Waals surface area contributed by atoms with Crippen LogP contribution in [0.4, 0.5) is 5.69 Å². The van der Waals surface area contributed by atoms with Crippen LogP contribution in [0.3, 0.4) is 0 Å². The summed E-state index contributed by atoms with van der Waals surface area (Å²) in [5, 5.41) is 3.26. The highest BCUT2D eigenvalue weighted by atomic mass is 35.5. The third-order valence-electron chi connectivity index (χ3n) is 3.78. The minimum atomic E-state index is -3.80. The Labute approximate surface area is 187 Å². The van der Waals surface area contributed by atoms with Crippen molar-refractivity contribution in [2.45, 2.75) is 11.4 Å². The number of carbonyl (C=O) groups excluding carboxylic acids is 1. The molecule has 30 heavy (non-hydrogen) atoms. The Hall–Kier alpha value is -2.23. The van der Waals surface area contributed by atoms with E-state index in [4.69, 9.17) is 44.0 Å². The molecule has 1 amide bonds. The summed E-state index contributed by atoms with van der Waals surface area (Å²) in [7, 11) is -3.80. The van der Waals surface area contributed by atoms with Crippen LogP contribution in [-0.4, -0.2) is 20.9 Å². The van der Waals surface area contributed by atoms with Gasteiger partial charge < -0.3 is 14.5 Å². The fraction of sp³-hybridized carbons (Fsp3) is 0.105. The Bertz CT molecular complexity index is 1150. The van der Waals surface area contributed by atoms with Gasteiger partial charge in [-0.3, -0.25) is 4.79 Å². The number of halogens is 3. The molecule has 0 aliphatic heterocycles. The largest absolute Gasteiger partial charge is 0.482 e. The predicted octanol–water partition coefficient (Wildman–Crippen LogP) is 4.74. The number of furan rings is 1. The van der Waals surface area contributed by atoms with E-state index in [-0.39, 0.29) is 44.6 Å². The van der Waals surface area contributed by atoms with Crippen LogP contribution >= 0.6 is 34.8 Å². The molecule has 0 aliphatic rings. The predicted molar refractivity (Wildman–Crippen MR) is 115 cm³/mol. The highest BCUT2D eigenvalue weighted by Crippen LogP contribution is 2.33. The van der Waals surface area contributed by atoms with Gasteiger partial charge in [0.25, 0.3) is 5.91 Å². The molecule has 0 radical (unpaired) electrons. The van der Waals surface area contributed by atoms with Crippen molar-refractivity contribution in [1.29, 1.82) is 0 Å². The van der Waals surface area contributed by atoms with E-state index in [2.05, 4.69) is 10.0 Å². The van der Waals surface area contributed by atoms with Crippen molar-refractivity contribution >= 4 is 56.4 Å². The molecule has 2 aromatic carbocycles. The molecule has 1 heterocycles. The molecule has 0 saturated heterocycles. The normalized spacial score (nSPS) is 11.3. The lowest BCUT2D eigenvalue weighted by Gasteiger charge is -2.11. The maximum absolute atomic E-state index is 12.4. The average Bonchev–Trinajstić information content (AvgIpc) is 3.22. The fourth-order valence-electron chi connectivity index (χ4n) is 2.36. The lowest BCUT2D eigenvalue weighted by molar-refractivity contribution is -0.118. The third kappa shape index (κ3) is 5.90. The van der Waals surface area contributed by atoms with E-state index >= 15 is 0 Å². The molecule has 0 saturated carbocycles. The Kier molecular flexibility index (Phi) is 7.27. The van der Waals surface area contributed by atoms with Crippen molar-refractivity contribution in [3.05, 3.63) is 75.6 Å². The second-order valence-corrected chi connectivity index (χ2v) is 8.95. The molecular formula is C19H15Cl3N2O5S. The van der Waals surface area contributed by atoms with Crippen molar-refractivity contribution < 1.29 is 22.4 Å². The van der Waals surface area contributed by atoms with Gasteiger partial charge in [0.15, 0.2) is 6.61 Å². The van der Waals surface area contributed by atoms with Crippen LogP contribution in [-0.2, 0) is 21.4 Å². The molecular weight excluding hydrogens is 475 g/mol. The van der Waals surface area contributed by atoms with Gasteiger partial charge in [0, 0.05) is 11.8 Å². The smallest absolute Gasteiger partial charge is 0.262 e. The van der Waals surface area contributed by atoms with E-state index in [1.165, 1.54) is 36.6 Å². The summed E-state index contributed by atoms with van der Waals surface area (Å²) < 4.78 is 37.8. The molecule has 158 valence electrons. The average molecular weight is 490 g/mol. The standard InChI is InChI=1S/C19H15Cl3N2O5S/c20-15-8-17(22)18(9-16(15)21)29-11-19(25)24-12-3-1-5-14(7-12)30(26,27)23-10-13-4-2-6-28-13/h1-9,23H,10-11H2,(H,24,25). The van der Waals surface area contributed by atoms with Gasteiger partial charge >= 0.3 is 0 Å². The Morgan fingerprint density at radius 3 is 2.50 bits per heavy atom. The van der Waals surface area contributed by atoms with E-state index in [1.54, 1.807) is 18.2 Å². The minimum absolute atomic E-state index is 0.00414. The van der Waals surface area contributed by atoms with E-state index in [0.29, 0.717) is 5.76 Å². The third-order valence-corrected chi connectivity index (χ3v) is 6.19. The van der Waals surface area contributed by atoms with Gasteiger partial charge in [-0.25, -0.2) is 13.1 Å². The summed E-state index contributed by atoms with van der Waals surface area (Å²) in [4.78, 5) is 12.2. The fourth-order valence-corrected chi connectivity index (χ4v) is 3.99. The maximum atomic E-state index is 12.4. The van der Waals surface area contributed by atoms with Crippen LogP contribution in [0, 0.1) is 0 Å². The van der Waals surface area contributed by atoms with Crippen LogP contribution in [0.15, 0.2) is 64.1 Å². The molecule has 0 unspecified atom stereocenters. The summed E-state index contributed by atoms with van der Waals surface area (Å²) in [6.45, 7) is -0.366. The molecule has 0 aliphatic carbocycles. The number of sulfonamides is 1. The number of hydrogen-bond acceptors (Lipinski definition) is 5. The quantitative estimate of drug-likeness (QED) is 0.446. The molecule has 3 aromatic rings. The number of anilines is 1. The maximum Gasteiger partial charge on any atom is 0.262 e. The highest BCUT2D eigenvalue weighted by Gasteiger charge is 2.16. The molecule has 0 spiro atoms. The molecule has 7 nitrogen and oxygen atoms in total. The number of nitrogens with one attached hydrogen (secondary N) is 2. The molecule has 1 aromatic heterocycles. The van der Waals surface area contributed by atoms with Crippen molar-refractivity contribution in [1.82, 2.24) is 4.72 Å². The van der Waals surface area contributed by atoms with Crippen LogP contribution in [0.25, 0.3) is 0 Å². The van der Waals surface area contributed by atoms with Crippen molar-refractivity contribution in [3.63, 3.8) is 0 Å². The second-order valence-electron chi connectivity index (χ2n) is 5.97. The van der Waals surface area contributed by atoms with Crippen LogP contribution in [0.1, 0.15) is 5.76 Å². The zero-order chi connectivity index (χ0) is 21.7. The summed E-state index contributed by atoms with van der Waals surface area (Å²) in [5.74, 6) is 0.149. The van der Waals surface area contributed by atoms with Crippen molar-refractivity contribution in [3.8, 4) is 5.75 Å². The monoisotopic (exact) mass is 488 g/mol. The number of ether oxygens (including phenoxy) is 1. The molecule has 0 atom stereocenters. The molecule has 0 fully saturated rings. The van der Waals surface area contributed by atoms with Gasteiger partial charge in [0.05, 0.1) is 32.8 Å². The Balaban J connectivity index is 1.61. The SMILES string of the molecule is O=C(COc1cc(Cl)c(Cl)cc1Cl)Nc1cccc(S(=O)(=O)NCc2ccco2)c1. The first-order chi connectivity index (χ1) is 14.2. The van der Waals surface area contributed by atoms with Gasteiger partial charge in [0.2, 0.25) is 10.0 Å². The second kappa shape index (κ2) is 9.72. The van der Waals surface area contributed by atoms with Crippen LogP contribution in [0.2, 0.25) is 15.1 Å². The summed E-state index contributed by atoms with van der Waals surface area (Å²) in [6, 6.07) is 11.9. The minimum Gasteiger partial charge on any atom is -0.482 e. The van der Waals surface area contributed by atoms with Gasteiger partial charge in [-0.15, -0.1) is 0 Å². The summed E-state index contributed by atoms with van der Waals surface area (Å²) >= 11 is 17.8. The number of rotatable bonds is 8. The Morgan fingerprint density at radius 1 is 1.00 bits per heavy atom. The first-order valence-corrected chi connectivity index (χ1v) is 11.1. The van der Waals surface area contributed by atoms with E-state index < -0.39 is 15.9 Å². The number of carbonyl (C=O) groups is 1. The van der Waals surface area contributed by atoms with Crippen molar-refractivity contribution in [2.24, 2.45) is 0 Å². The molecule has 0 bridgehead atoms. The molecule has 2 N–H and O–H groups in total. The molecule has 3 rings (SSSR count). The van der Waals surface area contributed by atoms with Gasteiger partial charge in [-0.05, 0) is 36.4 Å². The highest BCUT2D eigenvalue weighted by molar-refractivity contribution is 7.89. The number of benzene rings is 2. The van der Waals surface area contributed by atoms with E-state index in [1.807, 2.05) is 0 Å². The van der Waals surface area contributed by atoms with Gasteiger partial charge in [-0.2, -0.15) is 0 Å². The first kappa shape index (κ1) is 22.5. The number of amides is 1. The lowest BCUT2D eigenvalue weighted by atomic mass is 10.3. The van der Waals surface area contributed by atoms with Gasteiger partial charge in [0.1, 0.15) is 11.5 Å². The first-order valence-electron chi connectivity index (χ1n) is 8.44. The van der Waals surface area contributed by atoms with E-state index in [9.17, 15) is 13.2 Å².